The van der Waals surface area contributed by atoms with Gasteiger partial charge >= 0.3 is 0 Å². The van der Waals surface area contributed by atoms with Crippen molar-refractivity contribution < 1.29 is 5.11 Å². The fourth-order valence-electron chi connectivity index (χ4n) is 3.27. The Morgan fingerprint density at radius 2 is 1.71 bits per heavy atom. The van der Waals surface area contributed by atoms with Crippen LogP contribution in [0.5, 0.6) is 5.75 Å². The Bertz CT molecular complexity index is 1150. The fraction of sp³-hybridized carbons (Fsp3) is 0.0952. The molecule has 0 aliphatic heterocycles. The van der Waals surface area contributed by atoms with Crippen LogP contribution in [0.1, 0.15) is 22.7 Å². The van der Waals surface area contributed by atoms with Gasteiger partial charge in [0, 0.05) is 39.6 Å². The zero-order chi connectivity index (χ0) is 19.7. The number of hydrogen-bond donors (Lipinski definition) is 2. The van der Waals surface area contributed by atoms with Crippen molar-refractivity contribution in [3.8, 4) is 5.75 Å². The number of aromatic nitrogens is 3. The molecule has 5 nitrogen and oxygen atoms in total. The van der Waals surface area contributed by atoms with Gasteiger partial charge in [-0.2, -0.15) is 0 Å². The van der Waals surface area contributed by atoms with Crippen molar-refractivity contribution in [2.24, 2.45) is 0 Å². The van der Waals surface area contributed by atoms with Crippen molar-refractivity contribution in [3.63, 3.8) is 0 Å². The molecule has 2 heterocycles. The highest BCUT2D eigenvalue weighted by Gasteiger charge is 2.25. The van der Waals surface area contributed by atoms with Crippen molar-refractivity contribution in [2.45, 2.75) is 13.0 Å². The van der Waals surface area contributed by atoms with E-state index in [9.17, 15) is 5.11 Å². The number of nitrogens with zero attached hydrogens (tertiary/aromatic N) is 3. The molecule has 2 aromatic heterocycles. The smallest absolute Gasteiger partial charge is 0.223 e. The minimum Gasteiger partial charge on any atom is -0.505 e. The molecule has 0 bridgehead atoms. The van der Waals surface area contributed by atoms with E-state index >= 15 is 0 Å². The number of anilines is 1. The summed E-state index contributed by atoms with van der Waals surface area (Å²) >= 11 is 12.7. The first-order chi connectivity index (χ1) is 13.5. The van der Waals surface area contributed by atoms with E-state index in [0.29, 0.717) is 32.6 Å². The summed E-state index contributed by atoms with van der Waals surface area (Å²) in [5.74, 6) is 0.489. The maximum atomic E-state index is 11.1. The van der Waals surface area contributed by atoms with Crippen LogP contribution in [0.3, 0.4) is 0 Å². The van der Waals surface area contributed by atoms with E-state index in [1.165, 1.54) is 0 Å². The van der Waals surface area contributed by atoms with Gasteiger partial charge in [-0.05, 0) is 54.4 Å². The zero-order valence-corrected chi connectivity index (χ0v) is 16.4. The van der Waals surface area contributed by atoms with E-state index in [1.54, 1.807) is 42.9 Å². The first-order valence-electron chi connectivity index (χ1n) is 8.60. The van der Waals surface area contributed by atoms with E-state index in [1.807, 2.05) is 25.1 Å². The third-order valence-corrected chi connectivity index (χ3v) is 5.09. The summed E-state index contributed by atoms with van der Waals surface area (Å²) < 4.78 is 0. The topological polar surface area (TPSA) is 70.9 Å². The second-order valence-electron chi connectivity index (χ2n) is 6.35. The summed E-state index contributed by atoms with van der Waals surface area (Å²) in [4.78, 5) is 12.8. The maximum absolute atomic E-state index is 11.1. The first kappa shape index (κ1) is 18.5. The average molecular weight is 411 g/mol. The molecule has 2 N–H and O–H groups in total. The number of phenols is 1. The number of benzene rings is 2. The van der Waals surface area contributed by atoms with E-state index < -0.39 is 6.04 Å². The van der Waals surface area contributed by atoms with Gasteiger partial charge in [0.2, 0.25) is 5.95 Å². The lowest BCUT2D eigenvalue weighted by Gasteiger charge is -2.24. The number of phenolic OH excluding ortho intramolecular Hbond substituents is 1. The third kappa shape index (κ3) is 3.46. The van der Waals surface area contributed by atoms with Gasteiger partial charge in [-0.15, -0.1) is 0 Å². The van der Waals surface area contributed by atoms with Crippen LogP contribution >= 0.6 is 23.2 Å². The second kappa shape index (κ2) is 7.62. The summed E-state index contributed by atoms with van der Waals surface area (Å²) in [5.41, 5.74) is 2.74. The highest BCUT2D eigenvalue weighted by Crippen LogP contribution is 2.41. The van der Waals surface area contributed by atoms with Crippen molar-refractivity contribution in [1.82, 2.24) is 15.0 Å². The molecule has 4 aromatic rings. The number of rotatable bonds is 4. The molecule has 0 radical (unpaired) electrons. The molecule has 0 saturated carbocycles. The van der Waals surface area contributed by atoms with Gasteiger partial charge < -0.3 is 10.4 Å². The second-order valence-corrected chi connectivity index (χ2v) is 7.19. The van der Waals surface area contributed by atoms with Crippen LogP contribution in [0.15, 0.2) is 61.1 Å². The van der Waals surface area contributed by atoms with E-state index in [-0.39, 0.29) is 5.75 Å². The predicted molar refractivity (Wildman–Crippen MR) is 112 cm³/mol. The molecule has 0 saturated heterocycles. The van der Waals surface area contributed by atoms with Crippen LogP contribution in [-0.2, 0) is 0 Å². The molecule has 140 valence electrons. The Morgan fingerprint density at radius 3 is 2.50 bits per heavy atom. The quantitative estimate of drug-likeness (QED) is 0.461. The standard InChI is InChI=1S/C21H16Cl2N4O/c1-12-10-13-4-2-7-24-18(13)20(28)17(12)19(27-21-25-8-3-9-26-21)15-11-14(22)5-6-16(15)23/h2-11,19,28H,1H3,(H,25,26,27). The summed E-state index contributed by atoms with van der Waals surface area (Å²) in [5, 5.41) is 16.3. The Hall–Kier alpha value is -2.89. The molecule has 1 atom stereocenters. The molecule has 0 amide bonds. The number of fused-ring (bicyclic) bond motifs is 1. The van der Waals surface area contributed by atoms with Crippen LogP contribution in [0.4, 0.5) is 5.95 Å². The number of nitrogens with one attached hydrogen (secondary N) is 1. The van der Waals surface area contributed by atoms with Crippen LogP contribution in [0.2, 0.25) is 10.0 Å². The van der Waals surface area contributed by atoms with Gasteiger partial charge in [0.1, 0.15) is 11.3 Å². The average Bonchev–Trinajstić information content (AvgIpc) is 2.70. The summed E-state index contributed by atoms with van der Waals surface area (Å²) in [7, 11) is 0. The zero-order valence-electron chi connectivity index (χ0n) is 14.9. The minimum absolute atomic E-state index is 0.0834. The van der Waals surface area contributed by atoms with Crippen molar-refractivity contribution in [3.05, 3.63) is 87.8 Å². The Labute approximate surface area is 172 Å². The molecule has 0 aliphatic carbocycles. The molecule has 0 aliphatic rings. The van der Waals surface area contributed by atoms with Gasteiger partial charge in [-0.1, -0.05) is 29.3 Å². The Kier molecular flexibility index (Phi) is 5.03. The third-order valence-electron chi connectivity index (χ3n) is 4.51. The molecule has 2 aromatic carbocycles. The van der Waals surface area contributed by atoms with E-state index in [4.69, 9.17) is 23.2 Å². The summed E-state index contributed by atoms with van der Waals surface area (Å²) in [6.45, 7) is 1.93. The highest BCUT2D eigenvalue weighted by molar-refractivity contribution is 6.33. The molecular formula is C21H16Cl2N4O. The first-order valence-corrected chi connectivity index (χ1v) is 9.36. The van der Waals surface area contributed by atoms with Crippen LogP contribution in [0.25, 0.3) is 10.9 Å². The van der Waals surface area contributed by atoms with Gasteiger partial charge in [-0.3, -0.25) is 4.98 Å². The van der Waals surface area contributed by atoms with Crippen LogP contribution in [0, 0.1) is 6.92 Å². The predicted octanol–water partition coefficient (Wildman–Crippen LogP) is 5.55. The van der Waals surface area contributed by atoms with Gasteiger partial charge in [0.15, 0.2) is 0 Å². The van der Waals surface area contributed by atoms with Crippen molar-refractivity contribution in [2.75, 3.05) is 5.32 Å². The van der Waals surface area contributed by atoms with E-state index in [0.717, 1.165) is 10.9 Å². The Balaban J connectivity index is 1.95. The number of aromatic hydroxyl groups is 1. The highest BCUT2D eigenvalue weighted by atomic mass is 35.5. The largest absolute Gasteiger partial charge is 0.505 e. The summed E-state index contributed by atoms with van der Waals surface area (Å²) in [6.07, 6.45) is 4.93. The fourth-order valence-corrected chi connectivity index (χ4v) is 3.67. The van der Waals surface area contributed by atoms with E-state index in [2.05, 4.69) is 20.3 Å². The number of aryl methyl sites for hydroxylation is 1. The van der Waals surface area contributed by atoms with Gasteiger partial charge in [-0.25, -0.2) is 9.97 Å². The Morgan fingerprint density at radius 1 is 0.964 bits per heavy atom. The molecule has 0 spiro atoms. The molecular weight excluding hydrogens is 395 g/mol. The number of halogens is 2. The number of pyridine rings is 1. The van der Waals surface area contributed by atoms with Gasteiger partial charge in [0.05, 0.1) is 6.04 Å². The molecule has 0 fully saturated rings. The minimum atomic E-state index is -0.528. The monoisotopic (exact) mass is 410 g/mol. The molecule has 7 heteroatoms. The SMILES string of the molecule is Cc1cc2cccnc2c(O)c1C(Nc1ncccn1)c1cc(Cl)ccc1Cl. The molecule has 28 heavy (non-hydrogen) atoms. The molecule has 1 unspecified atom stereocenters. The lowest BCUT2D eigenvalue weighted by Crippen LogP contribution is -2.16. The normalized spacial score (nSPS) is 12.1. The lowest BCUT2D eigenvalue weighted by molar-refractivity contribution is 0.471. The summed E-state index contributed by atoms with van der Waals surface area (Å²) in [6, 6.07) is 12.2. The lowest BCUT2D eigenvalue weighted by atomic mass is 9.92. The molecule has 4 rings (SSSR count). The van der Waals surface area contributed by atoms with Crippen LogP contribution < -0.4 is 5.32 Å². The number of hydrogen-bond acceptors (Lipinski definition) is 5. The van der Waals surface area contributed by atoms with Gasteiger partial charge in [0.25, 0.3) is 0 Å². The van der Waals surface area contributed by atoms with Crippen molar-refractivity contribution >= 4 is 40.1 Å². The van der Waals surface area contributed by atoms with Crippen LogP contribution in [-0.4, -0.2) is 20.1 Å². The van der Waals surface area contributed by atoms with Crippen molar-refractivity contribution in [1.29, 1.82) is 0 Å². The maximum Gasteiger partial charge on any atom is 0.223 e.